The molecule has 1 atom stereocenters. The van der Waals surface area contributed by atoms with Crippen LogP contribution in [0.3, 0.4) is 0 Å². The van der Waals surface area contributed by atoms with E-state index in [4.69, 9.17) is 9.72 Å². The first-order valence-electron chi connectivity index (χ1n) is 13.5. The summed E-state index contributed by atoms with van der Waals surface area (Å²) in [5.41, 5.74) is 0.965. The highest BCUT2D eigenvalue weighted by atomic mass is 32.1. The van der Waals surface area contributed by atoms with Gasteiger partial charge in [0.15, 0.2) is 5.13 Å². The number of nitrogens with zero attached hydrogens (tertiary/aromatic N) is 3. The van der Waals surface area contributed by atoms with Crippen LogP contribution in [0.2, 0.25) is 0 Å². The zero-order valence-corrected chi connectivity index (χ0v) is 25.0. The molecule has 1 saturated heterocycles. The van der Waals surface area contributed by atoms with Gasteiger partial charge in [0.25, 0.3) is 0 Å². The molecule has 1 unspecified atom stereocenters. The summed E-state index contributed by atoms with van der Waals surface area (Å²) in [5.74, 6) is -0.153. The number of carbonyl (C=O) groups is 2. The Hall–Kier alpha value is -3.64. The molecule has 222 valence electrons. The number of alkyl halides is 3. The van der Waals surface area contributed by atoms with Crippen LogP contribution < -0.4 is 10.2 Å². The van der Waals surface area contributed by atoms with Crippen LogP contribution in [0.25, 0.3) is 21.3 Å². The quantitative estimate of drug-likeness (QED) is 0.257. The van der Waals surface area contributed by atoms with Crippen molar-refractivity contribution in [3.63, 3.8) is 0 Å². The molecule has 0 aliphatic carbocycles. The number of amides is 2. The van der Waals surface area contributed by atoms with E-state index in [0.29, 0.717) is 38.2 Å². The molecule has 2 aromatic heterocycles. The Labute approximate surface area is 249 Å². The molecule has 5 rings (SSSR count). The number of rotatable bonds is 6. The average molecular weight is 617 g/mol. The third-order valence-corrected chi connectivity index (χ3v) is 8.74. The molecule has 0 spiro atoms. The molecule has 3 heterocycles. The minimum Gasteiger partial charge on any atom is -0.444 e. The number of fused-ring (bicyclic) bond motifs is 1. The number of thiazole rings is 1. The largest absolute Gasteiger partial charge is 0.444 e. The van der Waals surface area contributed by atoms with E-state index in [-0.39, 0.29) is 5.91 Å². The van der Waals surface area contributed by atoms with Crippen LogP contribution in [0.5, 0.6) is 0 Å². The first kappa shape index (κ1) is 29.8. The Kier molecular flexibility index (Phi) is 8.47. The van der Waals surface area contributed by atoms with Crippen LogP contribution in [0.15, 0.2) is 60.0 Å². The Morgan fingerprint density at radius 3 is 2.31 bits per heavy atom. The molecule has 4 aromatic rings. The van der Waals surface area contributed by atoms with Gasteiger partial charge in [0, 0.05) is 37.5 Å². The molecule has 7 nitrogen and oxygen atoms in total. The highest BCUT2D eigenvalue weighted by Gasteiger charge is 2.32. The number of ether oxygens (including phenoxy) is 1. The number of hydrogen-bond donors (Lipinski definition) is 1. The second kappa shape index (κ2) is 11.9. The smallest absolute Gasteiger partial charge is 0.416 e. The van der Waals surface area contributed by atoms with E-state index in [2.05, 4.69) is 10.2 Å². The van der Waals surface area contributed by atoms with Gasteiger partial charge in [-0.05, 0) is 67.6 Å². The van der Waals surface area contributed by atoms with Crippen molar-refractivity contribution in [2.75, 3.05) is 31.1 Å². The lowest BCUT2D eigenvalue weighted by atomic mass is 10.0. The molecule has 1 aliphatic rings. The zero-order chi connectivity index (χ0) is 30.1. The van der Waals surface area contributed by atoms with Gasteiger partial charge in [-0.25, -0.2) is 9.78 Å². The van der Waals surface area contributed by atoms with Gasteiger partial charge in [-0.3, -0.25) is 4.79 Å². The highest BCUT2D eigenvalue weighted by Crippen LogP contribution is 2.35. The van der Waals surface area contributed by atoms with E-state index in [0.717, 1.165) is 37.9 Å². The predicted molar refractivity (Wildman–Crippen MR) is 160 cm³/mol. The van der Waals surface area contributed by atoms with Crippen molar-refractivity contribution in [3.05, 3.63) is 70.4 Å². The van der Waals surface area contributed by atoms with Gasteiger partial charge in [0.2, 0.25) is 5.91 Å². The minimum atomic E-state index is -4.37. The standard InChI is InChI=1S/C30H31F3N4O3S2/c1-29(2,3)40-28(39)35-24(18-22-5-4-16-41-22)26(38)36-12-14-37(15-13-36)27-34-23-11-8-20(17-25(23)42-27)19-6-9-21(10-7-19)30(31,32)33/h4-11,16-17,24H,12-15,18H2,1-3H3,(H,35,39). The minimum absolute atomic E-state index is 0.153. The summed E-state index contributed by atoms with van der Waals surface area (Å²) >= 11 is 3.04. The van der Waals surface area contributed by atoms with Crippen LogP contribution in [0.4, 0.5) is 23.1 Å². The van der Waals surface area contributed by atoms with Gasteiger partial charge >= 0.3 is 12.3 Å². The summed E-state index contributed by atoms with van der Waals surface area (Å²) in [7, 11) is 0. The normalized spacial score (nSPS) is 15.1. The molecular weight excluding hydrogens is 585 g/mol. The van der Waals surface area contributed by atoms with Crippen molar-refractivity contribution >= 4 is 50.0 Å². The fraction of sp³-hybridized carbons (Fsp3) is 0.367. The van der Waals surface area contributed by atoms with E-state index in [9.17, 15) is 22.8 Å². The van der Waals surface area contributed by atoms with Gasteiger partial charge < -0.3 is 19.9 Å². The van der Waals surface area contributed by atoms with Gasteiger partial charge in [-0.2, -0.15) is 13.2 Å². The number of alkyl carbamates (subject to hydrolysis) is 1. The van der Waals surface area contributed by atoms with E-state index >= 15 is 0 Å². The molecule has 12 heteroatoms. The summed E-state index contributed by atoms with van der Waals surface area (Å²) < 4.78 is 45.2. The number of aromatic nitrogens is 1. The van der Waals surface area contributed by atoms with Crippen LogP contribution >= 0.6 is 22.7 Å². The number of piperazine rings is 1. The molecule has 0 radical (unpaired) electrons. The first-order valence-corrected chi connectivity index (χ1v) is 15.2. The molecule has 1 N–H and O–H groups in total. The lowest BCUT2D eigenvalue weighted by Gasteiger charge is -2.36. The van der Waals surface area contributed by atoms with Gasteiger partial charge in [0.1, 0.15) is 11.6 Å². The molecule has 1 fully saturated rings. The fourth-order valence-corrected chi connectivity index (χ4v) is 6.51. The summed E-state index contributed by atoms with van der Waals surface area (Å²) in [6.07, 6.45) is -4.61. The number of nitrogens with one attached hydrogen (secondary N) is 1. The fourth-order valence-electron chi connectivity index (χ4n) is 4.70. The second-order valence-electron chi connectivity index (χ2n) is 11.0. The number of benzene rings is 2. The molecule has 2 aromatic carbocycles. The third-order valence-electron chi connectivity index (χ3n) is 6.76. The van der Waals surface area contributed by atoms with Crippen LogP contribution in [0.1, 0.15) is 31.2 Å². The zero-order valence-electron chi connectivity index (χ0n) is 23.4. The van der Waals surface area contributed by atoms with Crippen molar-refractivity contribution in [2.45, 2.75) is 45.0 Å². The molecule has 1 aliphatic heterocycles. The summed E-state index contributed by atoms with van der Waals surface area (Å²) in [6, 6.07) is 13.9. The monoisotopic (exact) mass is 616 g/mol. The molecule has 0 bridgehead atoms. The van der Waals surface area contributed by atoms with Crippen molar-refractivity contribution in [1.82, 2.24) is 15.2 Å². The van der Waals surface area contributed by atoms with E-state index in [1.54, 1.807) is 25.7 Å². The number of thiophene rings is 1. The molecule has 0 saturated carbocycles. The van der Waals surface area contributed by atoms with Crippen LogP contribution in [-0.4, -0.2) is 59.7 Å². The Balaban J connectivity index is 1.24. The van der Waals surface area contributed by atoms with E-state index in [1.165, 1.54) is 34.8 Å². The topological polar surface area (TPSA) is 74.8 Å². The number of hydrogen-bond acceptors (Lipinski definition) is 7. The maximum absolute atomic E-state index is 13.5. The maximum atomic E-state index is 13.5. The van der Waals surface area contributed by atoms with Gasteiger partial charge in [-0.15, -0.1) is 11.3 Å². The Bertz CT molecular complexity index is 1540. The van der Waals surface area contributed by atoms with Crippen molar-refractivity contribution < 1.29 is 27.5 Å². The lowest BCUT2D eigenvalue weighted by Crippen LogP contribution is -2.56. The van der Waals surface area contributed by atoms with Crippen molar-refractivity contribution in [2.24, 2.45) is 0 Å². The molecular formula is C30H31F3N4O3S2. The number of carbonyl (C=O) groups excluding carboxylic acids is 2. The highest BCUT2D eigenvalue weighted by molar-refractivity contribution is 7.22. The van der Waals surface area contributed by atoms with Crippen LogP contribution in [0, 0.1) is 0 Å². The van der Waals surface area contributed by atoms with E-state index in [1.807, 2.05) is 35.7 Å². The average Bonchev–Trinajstić information content (AvgIpc) is 3.60. The molecule has 42 heavy (non-hydrogen) atoms. The first-order chi connectivity index (χ1) is 19.9. The Morgan fingerprint density at radius 1 is 1.00 bits per heavy atom. The van der Waals surface area contributed by atoms with Gasteiger partial charge in [0.05, 0.1) is 15.8 Å². The third kappa shape index (κ3) is 7.22. The van der Waals surface area contributed by atoms with Crippen molar-refractivity contribution in [1.29, 1.82) is 0 Å². The van der Waals surface area contributed by atoms with Crippen LogP contribution in [-0.2, 0) is 22.1 Å². The Morgan fingerprint density at radius 2 is 1.69 bits per heavy atom. The predicted octanol–water partition coefficient (Wildman–Crippen LogP) is 6.83. The molecule has 2 amide bonds. The maximum Gasteiger partial charge on any atom is 0.416 e. The SMILES string of the molecule is CC(C)(C)OC(=O)NC(Cc1cccs1)C(=O)N1CCN(c2nc3ccc(-c4ccc(C(F)(F)F)cc4)cc3s2)CC1. The van der Waals surface area contributed by atoms with E-state index < -0.39 is 29.5 Å². The number of halogens is 3. The summed E-state index contributed by atoms with van der Waals surface area (Å²) in [4.78, 5) is 35.7. The second-order valence-corrected chi connectivity index (χ2v) is 13.1. The number of anilines is 1. The summed E-state index contributed by atoms with van der Waals surface area (Å²) in [5, 5.41) is 5.53. The van der Waals surface area contributed by atoms with Gasteiger partial charge in [-0.1, -0.05) is 35.6 Å². The van der Waals surface area contributed by atoms with Crippen molar-refractivity contribution in [3.8, 4) is 11.1 Å². The lowest BCUT2D eigenvalue weighted by molar-refractivity contribution is -0.137. The summed E-state index contributed by atoms with van der Waals surface area (Å²) in [6.45, 7) is 7.44.